The van der Waals surface area contributed by atoms with Crippen LogP contribution in [-0.4, -0.2) is 21.5 Å². The third-order valence-electron chi connectivity index (χ3n) is 5.97. The van der Waals surface area contributed by atoms with Crippen LogP contribution in [0.25, 0.3) is 15.7 Å². The van der Waals surface area contributed by atoms with Crippen molar-refractivity contribution in [2.24, 2.45) is 0 Å². The normalized spacial score (nSPS) is 15.1. The molecule has 0 amide bonds. The molecule has 0 saturated heterocycles. The molecular formula is C24H14ClF3N6. The summed E-state index contributed by atoms with van der Waals surface area (Å²) in [6.45, 7) is 8.94. The summed E-state index contributed by atoms with van der Waals surface area (Å²) in [5.41, 5.74) is 1.55. The van der Waals surface area contributed by atoms with Gasteiger partial charge in [0.05, 0.1) is 5.02 Å². The van der Waals surface area contributed by atoms with E-state index in [0.717, 1.165) is 0 Å². The summed E-state index contributed by atoms with van der Waals surface area (Å²) in [6.07, 6.45) is 0.312. The molecule has 34 heavy (non-hydrogen) atoms. The number of fused-ring (bicyclic) bond motifs is 3. The van der Waals surface area contributed by atoms with Crippen LogP contribution in [0.1, 0.15) is 34.1 Å². The molecule has 0 bridgehead atoms. The Labute approximate surface area is 197 Å². The lowest BCUT2D eigenvalue weighted by atomic mass is 9.91. The van der Waals surface area contributed by atoms with Crippen molar-refractivity contribution in [1.29, 1.82) is 5.26 Å². The SMILES string of the molecule is [C-]#[N+]c1cc(C#N)nc(N2CCc3c([nH]c4ccc(Cl)c(F)c34)C2c2ccc(C)c(F)c2F)n1. The smallest absolute Gasteiger partial charge is 0.324 e. The number of rotatable bonds is 2. The van der Waals surface area contributed by atoms with E-state index in [1.54, 1.807) is 11.0 Å². The Morgan fingerprint density at radius 3 is 2.71 bits per heavy atom. The van der Waals surface area contributed by atoms with Crippen LogP contribution < -0.4 is 4.90 Å². The van der Waals surface area contributed by atoms with Crippen LogP contribution in [0.2, 0.25) is 5.02 Å². The second-order valence-corrected chi connectivity index (χ2v) is 8.29. The van der Waals surface area contributed by atoms with E-state index in [1.165, 1.54) is 31.2 Å². The Bertz CT molecular complexity index is 1530. The number of hydrogen-bond acceptors (Lipinski definition) is 4. The number of halogens is 4. The number of nitrogens with one attached hydrogen (secondary N) is 1. The van der Waals surface area contributed by atoms with E-state index in [2.05, 4.69) is 19.8 Å². The van der Waals surface area contributed by atoms with Gasteiger partial charge in [0, 0.05) is 34.8 Å². The molecule has 3 heterocycles. The zero-order valence-corrected chi connectivity index (χ0v) is 18.4. The maximum atomic E-state index is 15.3. The van der Waals surface area contributed by atoms with Crippen molar-refractivity contribution in [3.05, 3.63) is 92.3 Å². The summed E-state index contributed by atoms with van der Waals surface area (Å²) in [6, 6.07) is 8.11. The second-order valence-electron chi connectivity index (χ2n) is 7.88. The van der Waals surface area contributed by atoms with Gasteiger partial charge in [-0.25, -0.2) is 13.2 Å². The summed E-state index contributed by atoms with van der Waals surface area (Å²) in [4.78, 5) is 16.4. The van der Waals surface area contributed by atoms with Crippen LogP contribution in [-0.2, 0) is 6.42 Å². The average molecular weight is 479 g/mol. The second kappa shape index (κ2) is 8.05. The van der Waals surface area contributed by atoms with Crippen molar-refractivity contribution in [1.82, 2.24) is 15.0 Å². The van der Waals surface area contributed by atoms with Gasteiger partial charge in [-0.2, -0.15) is 10.2 Å². The fraction of sp³-hybridized carbons (Fsp3) is 0.167. The lowest BCUT2D eigenvalue weighted by molar-refractivity contribution is 0.481. The standard InChI is InChI=1S/C24H14ClF3N6/c1-11-3-4-14(20(27)19(11)26)23-22-13(18-16(32-22)6-5-15(25)21(18)28)7-8-34(23)24-31-12(10-29)9-17(30-2)33-24/h3-6,9,23,32H,7-8H2,1H3. The van der Waals surface area contributed by atoms with Crippen LogP contribution in [0.15, 0.2) is 30.3 Å². The molecular weight excluding hydrogens is 465 g/mol. The summed E-state index contributed by atoms with van der Waals surface area (Å²) in [5, 5.41) is 9.59. The minimum atomic E-state index is -1.05. The van der Waals surface area contributed by atoms with Gasteiger partial charge >= 0.3 is 5.95 Å². The monoisotopic (exact) mass is 478 g/mol. The van der Waals surface area contributed by atoms with Gasteiger partial charge in [0.15, 0.2) is 17.5 Å². The van der Waals surface area contributed by atoms with Gasteiger partial charge < -0.3 is 14.7 Å². The van der Waals surface area contributed by atoms with Gasteiger partial charge in [0.25, 0.3) is 5.82 Å². The molecule has 6 nitrogen and oxygen atoms in total. The molecule has 2 aromatic carbocycles. The largest absolute Gasteiger partial charge is 0.360 e. The van der Waals surface area contributed by atoms with E-state index in [9.17, 15) is 14.0 Å². The molecule has 0 fully saturated rings. The number of aromatic amines is 1. The first kappa shape index (κ1) is 21.7. The maximum absolute atomic E-state index is 15.3. The van der Waals surface area contributed by atoms with E-state index in [1.807, 2.05) is 6.07 Å². The molecule has 0 radical (unpaired) electrons. The highest BCUT2D eigenvalue weighted by atomic mass is 35.5. The van der Waals surface area contributed by atoms with Crippen molar-refractivity contribution in [2.45, 2.75) is 19.4 Å². The average Bonchev–Trinajstić information content (AvgIpc) is 3.23. The van der Waals surface area contributed by atoms with E-state index < -0.39 is 23.5 Å². The van der Waals surface area contributed by atoms with Crippen molar-refractivity contribution in [3.63, 3.8) is 0 Å². The summed E-state index contributed by atoms with van der Waals surface area (Å²) >= 11 is 6.01. The summed E-state index contributed by atoms with van der Waals surface area (Å²) < 4.78 is 44.9. The van der Waals surface area contributed by atoms with Crippen molar-refractivity contribution in [3.8, 4) is 6.07 Å². The molecule has 0 aliphatic carbocycles. The molecule has 2 aromatic heterocycles. The molecule has 1 N–H and O–H groups in total. The third-order valence-corrected chi connectivity index (χ3v) is 6.26. The predicted molar refractivity (Wildman–Crippen MR) is 120 cm³/mol. The Kier molecular flexibility index (Phi) is 5.15. The van der Waals surface area contributed by atoms with Crippen LogP contribution >= 0.6 is 11.6 Å². The number of anilines is 1. The fourth-order valence-electron chi connectivity index (χ4n) is 4.39. The molecule has 4 aromatic rings. The Morgan fingerprint density at radius 1 is 1.18 bits per heavy atom. The van der Waals surface area contributed by atoms with Crippen LogP contribution in [0.5, 0.6) is 0 Å². The van der Waals surface area contributed by atoms with Gasteiger partial charge in [-0.3, -0.25) is 0 Å². The summed E-state index contributed by atoms with van der Waals surface area (Å²) in [5.74, 6) is -2.70. The molecule has 0 saturated carbocycles. The molecule has 1 atom stereocenters. The Morgan fingerprint density at radius 2 is 1.97 bits per heavy atom. The van der Waals surface area contributed by atoms with Crippen molar-refractivity contribution in [2.75, 3.05) is 11.4 Å². The first-order valence-electron chi connectivity index (χ1n) is 10.2. The highest BCUT2D eigenvalue weighted by molar-refractivity contribution is 6.31. The van der Waals surface area contributed by atoms with Crippen LogP contribution in [0, 0.1) is 42.3 Å². The summed E-state index contributed by atoms with van der Waals surface area (Å²) in [7, 11) is 0. The van der Waals surface area contributed by atoms with Crippen LogP contribution in [0.4, 0.5) is 24.9 Å². The van der Waals surface area contributed by atoms with Crippen molar-refractivity contribution >= 4 is 34.3 Å². The zero-order chi connectivity index (χ0) is 24.1. The van der Waals surface area contributed by atoms with Crippen LogP contribution in [0.3, 0.4) is 0 Å². The number of nitrogens with zero attached hydrogens (tertiary/aromatic N) is 5. The van der Waals surface area contributed by atoms with Gasteiger partial charge in [-0.05, 0) is 36.6 Å². The molecule has 5 rings (SSSR count). The number of aromatic nitrogens is 3. The minimum Gasteiger partial charge on any atom is -0.360 e. The third kappa shape index (κ3) is 3.25. The highest BCUT2D eigenvalue weighted by Gasteiger charge is 2.38. The molecule has 168 valence electrons. The van der Waals surface area contributed by atoms with E-state index in [-0.39, 0.29) is 45.5 Å². The molecule has 10 heteroatoms. The van der Waals surface area contributed by atoms with Gasteiger partial charge in [-0.1, -0.05) is 35.3 Å². The fourth-order valence-corrected chi connectivity index (χ4v) is 4.55. The quantitative estimate of drug-likeness (QED) is 0.363. The van der Waals surface area contributed by atoms with Gasteiger partial charge in [0.1, 0.15) is 17.8 Å². The molecule has 0 spiro atoms. The number of benzene rings is 2. The Hall–Kier alpha value is -4.08. The minimum absolute atomic E-state index is 0.0123. The molecule has 1 unspecified atom stereocenters. The van der Waals surface area contributed by atoms with E-state index in [4.69, 9.17) is 18.2 Å². The van der Waals surface area contributed by atoms with Gasteiger partial charge in [0.2, 0.25) is 0 Å². The van der Waals surface area contributed by atoms with Crippen molar-refractivity contribution < 1.29 is 13.2 Å². The van der Waals surface area contributed by atoms with E-state index >= 15 is 4.39 Å². The number of H-pyrrole nitrogens is 1. The van der Waals surface area contributed by atoms with Gasteiger partial charge in [-0.15, -0.1) is 0 Å². The topological polar surface area (TPSA) is 73.0 Å². The maximum Gasteiger partial charge on any atom is 0.324 e. The zero-order valence-electron chi connectivity index (χ0n) is 17.6. The predicted octanol–water partition coefficient (Wildman–Crippen LogP) is 5.91. The Balaban J connectivity index is 1.80. The van der Waals surface area contributed by atoms with E-state index in [0.29, 0.717) is 23.2 Å². The molecule has 1 aliphatic heterocycles. The lowest BCUT2D eigenvalue weighted by Gasteiger charge is -2.35. The molecule has 1 aliphatic rings. The lowest BCUT2D eigenvalue weighted by Crippen LogP contribution is -2.38. The highest BCUT2D eigenvalue weighted by Crippen LogP contribution is 2.42. The number of hydrogen-bond donors (Lipinski definition) is 1. The number of aryl methyl sites for hydroxylation is 1. The first-order valence-corrected chi connectivity index (χ1v) is 10.6. The first-order chi connectivity index (χ1) is 16.3. The number of nitriles is 1.